The Morgan fingerprint density at radius 2 is 1.79 bits per heavy atom. The second-order valence-electron chi connectivity index (χ2n) is 8.58. The normalized spacial score (nSPS) is 14.7. The van der Waals surface area contributed by atoms with E-state index in [2.05, 4.69) is 21.2 Å². The lowest BCUT2D eigenvalue weighted by atomic mass is 10.1. The van der Waals surface area contributed by atoms with Crippen LogP contribution in [0.15, 0.2) is 71.2 Å². The highest BCUT2D eigenvalue weighted by atomic mass is 79.9. The molecule has 0 radical (unpaired) electrons. The van der Waals surface area contributed by atoms with Crippen molar-refractivity contribution in [2.75, 3.05) is 6.61 Å². The highest BCUT2D eigenvalue weighted by Gasteiger charge is 2.28. The number of nitrogens with zero attached hydrogens (tertiary/aromatic N) is 1. The number of nitrogens with one attached hydrogen (secondary N) is 1. The fraction of sp³-hybridized carbons (Fsp3) is 0.333. The summed E-state index contributed by atoms with van der Waals surface area (Å²) in [6.07, 6.45) is 4.28. The van der Waals surface area contributed by atoms with Crippen molar-refractivity contribution in [1.29, 1.82) is 0 Å². The molecule has 1 fully saturated rings. The van der Waals surface area contributed by atoms with Crippen molar-refractivity contribution >= 4 is 38.5 Å². The highest BCUT2D eigenvalue weighted by Crippen LogP contribution is 2.25. The van der Waals surface area contributed by atoms with Gasteiger partial charge in [0.2, 0.25) is 5.91 Å². The van der Waals surface area contributed by atoms with Crippen LogP contribution in [0.3, 0.4) is 0 Å². The molecule has 0 saturated heterocycles. The van der Waals surface area contributed by atoms with Crippen LogP contribution in [0.1, 0.15) is 38.2 Å². The number of fused-ring (bicyclic) bond motifs is 1. The van der Waals surface area contributed by atoms with Crippen molar-refractivity contribution in [3.63, 3.8) is 0 Å². The van der Waals surface area contributed by atoms with Crippen molar-refractivity contribution < 1.29 is 14.3 Å². The van der Waals surface area contributed by atoms with E-state index in [9.17, 15) is 9.59 Å². The lowest BCUT2D eigenvalue weighted by Gasteiger charge is -2.29. The van der Waals surface area contributed by atoms with Crippen molar-refractivity contribution in [3.05, 3.63) is 76.8 Å². The summed E-state index contributed by atoms with van der Waals surface area (Å²) in [6.45, 7) is 1.98. The van der Waals surface area contributed by atoms with Gasteiger partial charge < -0.3 is 15.0 Å². The number of benzene rings is 3. The molecule has 3 aromatic carbocycles. The minimum atomic E-state index is -0.604. The molecule has 172 valence electrons. The van der Waals surface area contributed by atoms with Gasteiger partial charge >= 0.3 is 0 Å². The molecule has 0 spiro atoms. The minimum Gasteiger partial charge on any atom is -0.483 e. The van der Waals surface area contributed by atoms with Crippen LogP contribution in [0.4, 0.5) is 0 Å². The summed E-state index contributed by atoms with van der Waals surface area (Å²) < 4.78 is 6.89. The number of halogens is 1. The number of carbonyl (C=O) groups is 2. The first-order valence-electron chi connectivity index (χ1n) is 11.5. The van der Waals surface area contributed by atoms with E-state index in [-0.39, 0.29) is 24.5 Å². The van der Waals surface area contributed by atoms with E-state index in [0.717, 1.165) is 46.5 Å². The summed E-state index contributed by atoms with van der Waals surface area (Å²) in [5, 5.41) is 5.14. The number of rotatable bonds is 8. The van der Waals surface area contributed by atoms with E-state index < -0.39 is 6.04 Å². The monoisotopic (exact) mass is 508 g/mol. The van der Waals surface area contributed by atoms with Gasteiger partial charge in [-0.3, -0.25) is 9.59 Å². The molecular weight excluding hydrogens is 480 g/mol. The van der Waals surface area contributed by atoms with Gasteiger partial charge in [-0.05, 0) is 48.9 Å². The Balaban J connectivity index is 1.50. The summed E-state index contributed by atoms with van der Waals surface area (Å²) in [4.78, 5) is 27.9. The zero-order chi connectivity index (χ0) is 23.2. The molecule has 1 N–H and O–H groups in total. The van der Waals surface area contributed by atoms with Crippen molar-refractivity contribution in [1.82, 2.24) is 10.2 Å². The lowest BCUT2D eigenvalue weighted by Crippen LogP contribution is -2.50. The Bertz CT molecular complexity index is 1120. The van der Waals surface area contributed by atoms with Gasteiger partial charge in [0.25, 0.3) is 5.91 Å². The third kappa shape index (κ3) is 5.93. The van der Waals surface area contributed by atoms with Gasteiger partial charge in [0.15, 0.2) is 6.61 Å². The molecule has 1 atom stereocenters. The Kier molecular flexibility index (Phi) is 7.65. The van der Waals surface area contributed by atoms with Gasteiger partial charge in [-0.1, -0.05) is 77.3 Å². The molecule has 2 amide bonds. The SMILES string of the molecule is C[C@@H](C(=O)NC1CCCC1)N(Cc1cccc(Br)c1)C(=O)COc1cccc2ccccc12. The molecule has 5 nitrogen and oxygen atoms in total. The van der Waals surface area contributed by atoms with Crippen LogP contribution >= 0.6 is 15.9 Å². The average molecular weight is 509 g/mol. The summed E-state index contributed by atoms with van der Waals surface area (Å²) in [7, 11) is 0. The molecule has 1 saturated carbocycles. The van der Waals surface area contributed by atoms with E-state index in [1.165, 1.54) is 0 Å². The quantitative estimate of drug-likeness (QED) is 0.439. The maximum atomic E-state index is 13.3. The van der Waals surface area contributed by atoms with Crippen LogP contribution in [0.5, 0.6) is 5.75 Å². The summed E-state index contributed by atoms with van der Waals surface area (Å²) in [6, 6.07) is 21.1. The van der Waals surface area contributed by atoms with E-state index in [1.807, 2.05) is 66.7 Å². The fourth-order valence-electron chi connectivity index (χ4n) is 4.35. The molecule has 33 heavy (non-hydrogen) atoms. The van der Waals surface area contributed by atoms with Gasteiger partial charge in [-0.15, -0.1) is 0 Å². The lowest BCUT2D eigenvalue weighted by molar-refractivity contribution is -0.142. The van der Waals surface area contributed by atoms with Crippen molar-refractivity contribution in [2.24, 2.45) is 0 Å². The van der Waals surface area contributed by atoms with Gasteiger partial charge in [-0.2, -0.15) is 0 Å². The number of carbonyl (C=O) groups excluding carboxylic acids is 2. The second-order valence-corrected chi connectivity index (χ2v) is 9.50. The Morgan fingerprint density at radius 3 is 2.58 bits per heavy atom. The molecule has 6 heteroatoms. The van der Waals surface area contributed by atoms with Gasteiger partial charge in [0, 0.05) is 22.4 Å². The molecular formula is C27H29BrN2O3. The smallest absolute Gasteiger partial charge is 0.261 e. The molecule has 1 aliphatic rings. The number of amides is 2. The van der Waals surface area contributed by atoms with E-state index in [1.54, 1.807) is 11.8 Å². The van der Waals surface area contributed by atoms with Gasteiger partial charge in [0.05, 0.1) is 0 Å². The van der Waals surface area contributed by atoms with Crippen LogP contribution < -0.4 is 10.1 Å². The Labute approximate surface area is 203 Å². The minimum absolute atomic E-state index is 0.115. The number of hydrogen-bond acceptors (Lipinski definition) is 3. The van der Waals surface area contributed by atoms with E-state index >= 15 is 0 Å². The number of hydrogen-bond donors (Lipinski definition) is 1. The first-order valence-corrected chi connectivity index (χ1v) is 12.3. The fourth-order valence-corrected chi connectivity index (χ4v) is 4.80. The molecule has 0 aromatic heterocycles. The zero-order valence-corrected chi connectivity index (χ0v) is 20.4. The van der Waals surface area contributed by atoms with Crippen molar-refractivity contribution in [2.45, 2.75) is 51.2 Å². The molecule has 0 heterocycles. The summed E-state index contributed by atoms with van der Waals surface area (Å²) >= 11 is 3.49. The van der Waals surface area contributed by atoms with Crippen LogP contribution in [-0.2, 0) is 16.1 Å². The van der Waals surface area contributed by atoms with Crippen LogP contribution in [0, 0.1) is 0 Å². The standard InChI is InChI=1S/C27H29BrN2O3/c1-19(27(32)29-23-12-3-4-13-23)30(17-20-8-6-11-22(28)16-20)26(31)18-33-25-15-7-10-21-9-2-5-14-24(21)25/h2,5-11,14-16,19,23H,3-4,12-13,17-18H2,1H3,(H,29,32)/t19-/m0/s1. The molecule has 1 aliphatic carbocycles. The van der Waals surface area contributed by atoms with Crippen LogP contribution in [-0.4, -0.2) is 35.4 Å². The van der Waals surface area contributed by atoms with Crippen molar-refractivity contribution in [3.8, 4) is 5.75 Å². The largest absolute Gasteiger partial charge is 0.483 e. The van der Waals surface area contributed by atoms with Crippen LogP contribution in [0.25, 0.3) is 10.8 Å². The number of ether oxygens (including phenoxy) is 1. The maximum absolute atomic E-state index is 13.3. The predicted molar refractivity (Wildman–Crippen MR) is 134 cm³/mol. The third-order valence-corrected chi connectivity index (χ3v) is 6.70. The van der Waals surface area contributed by atoms with E-state index in [4.69, 9.17) is 4.74 Å². The molecule has 0 aliphatic heterocycles. The molecule has 0 bridgehead atoms. The topological polar surface area (TPSA) is 58.6 Å². The molecule has 0 unspecified atom stereocenters. The Hall–Kier alpha value is -2.86. The van der Waals surface area contributed by atoms with Gasteiger partial charge in [-0.25, -0.2) is 0 Å². The summed E-state index contributed by atoms with van der Waals surface area (Å²) in [5.41, 5.74) is 0.948. The summed E-state index contributed by atoms with van der Waals surface area (Å²) in [5.74, 6) is 0.319. The highest BCUT2D eigenvalue weighted by molar-refractivity contribution is 9.10. The van der Waals surface area contributed by atoms with Crippen LogP contribution in [0.2, 0.25) is 0 Å². The maximum Gasteiger partial charge on any atom is 0.261 e. The third-order valence-electron chi connectivity index (χ3n) is 6.21. The van der Waals surface area contributed by atoms with E-state index in [0.29, 0.717) is 12.3 Å². The average Bonchev–Trinajstić information content (AvgIpc) is 3.33. The molecule has 3 aromatic rings. The first-order chi connectivity index (χ1) is 16.0. The predicted octanol–water partition coefficient (Wildman–Crippen LogP) is 5.46. The van der Waals surface area contributed by atoms with Gasteiger partial charge in [0.1, 0.15) is 11.8 Å². The Morgan fingerprint density at radius 1 is 1.06 bits per heavy atom. The first kappa shape index (κ1) is 23.3. The second kappa shape index (κ2) is 10.8. The molecule has 4 rings (SSSR count). The zero-order valence-electron chi connectivity index (χ0n) is 18.8.